The highest BCUT2D eigenvalue weighted by molar-refractivity contribution is 7.10. The Bertz CT molecular complexity index is 542. The van der Waals surface area contributed by atoms with E-state index in [2.05, 4.69) is 15.8 Å². The van der Waals surface area contributed by atoms with E-state index in [1.165, 1.54) is 17.1 Å². The van der Waals surface area contributed by atoms with Crippen molar-refractivity contribution in [3.05, 3.63) is 35.4 Å². The lowest BCUT2D eigenvalue weighted by atomic mass is 10.1. The molecule has 5 heteroatoms. The number of ether oxygens (including phenoxy) is 1. The second-order valence-electron chi connectivity index (χ2n) is 4.45. The lowest BCUT2D eigenvalue weighted by molar-refractivity contribution is 0.246. The van der Waals surface area contributed by atoms with Gasteiger partial charge >= 0.3 is 0 Å². The van der Waals surface area contributed by atoms with E-state index in [1.807, 2.05) is 25.1 Å². The summed E-state index contributed by atoms with van der Waals surface area (Å²) in [6.45, 7) is 2.75. The molecule has 1 aromatic heterocycles. The van der Waals surface area contributed by atoms with Gasteiger partial charge in [-0.2, -0.15) is 4.37 Å². The van der Waals surface area contributed by atoms with Crippen molar-refractivity contribution in [1.82, 2.24) is 4.37 Å². The number of hydrogen-bond donors (Lipinski definition) is 2. The number of fused-ring (bicyclic) bond motifs is 1. The first-order valence-corrected chi connectivity index (χ1v) is 6.71. The summed E-state index contributed by atoms with van der Waals surface area (Å²) < 4.78 is 9.98. The standard InChI is InChI=1S/C13H15N3OS/c1-8-12(14)16-18-13(8)15-7-10-6-9-4-2-3-5-11(9)17-10/h2-5,10,15H,6-7H2,1H3,(H2,14,16). The quantitative estimate of drug-likeness (QED) is 0.891. The average Bonchev–Trinajstić information content (AvgIpc) is 2.92. The van der Waals surface area contributed by atoms with Crippen LogP contribution in [0.3, 0.4) is 0 Å². The molecule has 0 bridgehead atoms. The maximum atomic E-state index is 5.87. The number of rotatable bonds is 3. The van der Waals surface area contributed by atoms with E-state index in [0.29, 0.717) is 5.82 Å². The van der Waals surface area contributed by atoms with Crippen LogP contribution in [0, 0.1) is 6.92 Å². The SMILES string of the molecule is Cc1c(N)nsc1NCC1Cc2ccccc2O1. The highest BCUT2D eigenvalue weighted by atomic mass is 32.1. The zero-order valence-electron chi connectivity index (χ0n) is 10.1. The van der Waals surface area contributed by atoms with Crippen LogP contribution in [0.5, 0.6) is 5.75 Å². The predicted molar refractivity (Wildman–Crippen MR) is 74.3 cm³/mol. The Morgan fingerprint density at radius 2 is 2.33 bits per heavy atom. The Morgan fingerprint density at radius 3 is 3.06 bits per heavy atom. The number of nitrogens with one attached hydrogen (secondary N) is 1. The molecule has 1 atom stereocenters. The molecule has 18 heavy (non-hydrogen) atoms. The molecule has 0 amide bonds. The predicted octanol–water partition coefficient (Wildman–Crippen LogP) is 2.45. The van der Waals surface area contributed by atoms with Gasteiger partial charge in [-0.25, -0.2) is 0 Å². The van der Waals surface area contributed by atoms with Gasteiger partial charge in [-0.3, -0.25) is 0 Å². The summed E-state index contributed by atoms with van der Waals surface area (Å²) in [7, 11) is 0. The maximum absolute atomic E-state index is 5.87. The zero-order chi connectivity index (χ0) is 12.5. The summed E-state index contributed by atoms with van der Waals surface area (Å²) in [6, 6.07) is 8.19. The third-order valence-corrected chi connectivity index (χ3v) is 4.09. The van der Waals surface area contributed by atoms with Crippen LogP contribution in [0.15, 0.2) is 24.3 Å². The van der Waals surface area contributed by atoms with Gasteiger partial charge in [0.2, 0.25) is 0 Å². The van der Waals surface area contributed by atoms with Crippen LogP contribution in [-0.2, 0) is 6.42 Å². The summed E-state index contributed by atoms with van der Waals surface area (Å²) >= 11 is 1.40. The van der Waals surface area contributed by atoms with Gasteiger partial charge in [0.05, 0.1) is 6.54 Å². The minimum Gasteiger partial charge on any atom is -0.488 e. The largest absolute Gasteiger partial charge is 0.488 e. The van der Waals surface area contributed by atoms with Crippen LogP contribution in [-0.4, -0.2) is 17.0 Å². The fraction of sp³-hybridized carbons (Fsp3) is 0.308. The van der Waals surface area contributed by atoms with Crippen molar-refractivity contribution in [3.8, 4) is 5.75 Å². The fourth-order valence-corrected chi connectivity index (χ4v) is 2.80. The van der Waals surface area contributed by atoms with Gasteiger partial charge in [0, 0.05) is 12.0 Å². The average molecular weight is 261 g/mol. The number of aromatic nitrogens is 1. The van der Waals surface area contributed by atoms with Gasteiger partial charge in [-0.1, -0.05) is 18.2 Å². The highest BCUT2D eigenvalue weighted by Gasteiger charge is 2.22. The van der Waals surface area contributed by atoms with E-state index in [0.717, 1.165) is 29.3 Å². The zero-order valence-corrected chi connectivity index (χ0v) is 11.0. The number of para-hydroxylation sites is 1. The van der Waals surface area contributed by atoms with Crippen molar-refractivity contribution in [1.29, 1.82) is 0 Å². The molecule has 0 fully saturated rings. The molecule has 0 saturated heterocycles. The van der Waals surface area contributed by atoms with Gasteiger partial charge in [-0.05, 0) is 30.1 Å². The van der Waals surface area contributed by atoms with E-state index >= 15 is 0 Å². The molecule has 0 aliphatic carbocycles. The number of nitrogens with zero attached hydrogens (tertiary/aromatic N) is 1. The van der Waals surface area contributed by atoms with Crippen molar-refractivity contribution >= 4 is 22.4 Å². The molecule has 2 aromatic rings. The topological polar surface area (TPSA) is 60.2 Å². The molecular weight excluding hydrogens is 246 g/mol. The third-order valence-electron chi connectivity index (χ3n) is 3.16. The molecule has 0 spiro atoms. The lowest BCUT2D eigenvalue weighted by Gasteiger charge is -2.11. The van der Waals surface area contributed by atoms with E-state index in [9.17, 15) is 0 Å². The van der Waals surface area contributed by atoms with Gasteiger partial charge in [-0.15, -0.1) is 0 Å². The van der Waals surface area contributed by atoms with Gasteiger partial charge in [0.1, 0.15) is 22.7 Å². The second kappa shape index (κ2) is 4.49. The number of nitrogen functional groups attached to an aromatic ring is 1. The molecule has 0 saturated carbocycles. The molecule has 94 valence electrons. The first-order chi connectivity index (χ1) is 8.74. The first kappa shape index (κ1) is 11.3. The van der Waals surface area contributed by atoms with Crippen molar-refractivity contribution in [3.63, 3.8) is 0 Å². The molecule has 4 nitrogen and oxygen atoms in total. The molecule has 3 N–H and O–H groups in total. The Labute approximate surface area is 110 Å². The van der Waals surface area contributed by atoms with Gasteiger partial charge < -0.3 is 15.8 Å². The number of benzene rings is 1. The highest BCUT2D eigenvalue weighted by Crippen LogP contribution is 2.29. The van der Waals surface area contributed by atoms with Crippen molar-refractivity contribution < 1.29 is 4.74 Å². The molecule has 1 aliphatic heterocycles. The Kier molecular flexibility index (Phi) is 2.83. The summed E-state index contributed by atoms with van der Waals surface area (Å²) in [5.74, 6) is 1.61. The summed E-state index contributed by atoms with van der Waals surface area (Å²) in [5.41, 5.74) is 8.03. The number of hydrogen-bond acceptors (Lipinski definition) is 5. The van der Waals surface area contributed by atoms with Gasteiger partial charge in [0.15, 0.2) is 0 Å². The number of nitrogens with two attached hydrogens (primary N) is 1. The fourth-order valence-electron chi connectivity index (χ4n) is 2.09. The molecule has 3 rings (SSSR count). The monoisotopic (exact) mass is 261 g/mol. The number of anilines is 2. The summed E-state index contributed by atoms with van der Waals surface area (Å²) in [6.07, 6.45) is 1.14. The van der Waals surface area contributed by atoms with Crippen LogP contribution in [0.25, 0.3) is 0 Å². The summed E-state index contributed by atoms with van der Waals surface area (Å²) in [4.78, 5) is 0. The minimum atomic E-state index is 0.185. The van der Waals surface area contributed by atoms with Crippen molar-refractivity contribution in [2.75, 3.05) is 17.6 Å². The molecule has 1 aliphatic rings. The third kappa shape index (κ3) is 2.01. The van der Waals surface area contributed by atoms with Crippen LogP contribution < -0.4 is 15.8 Å². The molecular formula is C13H15N3OS. The Morgan fingerprint density at radius 1 is 1.50 bits per heavy atom. The van der Waals surface area contributed by atoms with E-state index in [1.54, 1.807) is 0 Å². The molecule has 1 aromatic carbocycles. The second-order valence-corrected chi connectivity index (χ2v) is 5.23. The van der Waals surface area contributed by atoms with E-state index < -0.39 is 0 Å². The van der Waals surface area contributed by atoms with E-state index in [-0.39, 0.29) is 6.10 Å². The minimum absolute atomic E-state index is 0.185. The van der Waals surface area contributed by atoms with Crippen molar-refractivity contribution in [2.45, 2.75) is 19.4 Å². The molecule has 2 heterocycles. The van der Waals surface area contributed by atoms with Gasteiger partial charge in [0.25, 0.3) is 0 Å². The first-order valence-electron chi connectivity index (χ1n) is 5.94. The smallest absolute Gasteiger partial charge is 0.142 e. The van der Waals surface area contributed by atoms with Crippen molar-refractivity contribution in [2.24, 2.45) is 0 Å². The molecule has 0 radical (unpaired) electrons. The maximum Gasteiger partial charge on any atom is 0.142 e. The normalized spacial score (nSPS) is 17.3. The lowest BCUT2D eigenvalue weighted by Crippen LogP contribution is -2.23. The van der Waals surface area contributed by atoms with Crippen LogP contribution in [0.1, 0.15) is 11.1 Å². The van der Waals surface area contributed by atoms with Crippen LogP contribution >= 0.6 is 11.5 Å². The molecule has 1 unspecified atom stereocenters. The summed E-state index contributed by atoms with van der Waals surface area (Å²) in [5, 5.41) is 4.40. The van der Waals surface area contributed by atoms with E-state index in [4.69, 9.17) is 10.5 Å². The van der Waals surface area contributed by atoms with Crippen LogP contribution in [0.4, 0.5) is 10.8 Å². The Hall–Kier alpha value is -1.75. The Balaban J connectivity index is 1.62. The van der Waals surface area contributed by atoms with Crippen LogP contribution in [0.2, 0.25) is 0 Å².